The number of nitrogens with zero attached hydrogens (tertiary/aromatic N) is 5. The van der Waals surface area contributed by atoms with Crippen molar-refractivity contribution in [1.82, 2.24) is 25.2 Å². The Balaban J connectivity index is 2.41. The third-order valence-electron chi connectivity index (χ3n) is 1.66. The summed E-state index contributed by atoms with van der Waals surface area (Å²) in [6.07, 6.45) is 4.27. The maximum atomic E-state index is 8.90. The smallest absolute Gasteiger partial charge is 0.423 e. The number of hydrogen-bond donors (Lipinski definition) is 2. The third-order valence-corrected chi connectivity index (χ3v) is 1.66. The van der Waals surface area contributed by atoms with E-state index >= 15 is 0 Å². The van der Waals surface area contributed by atoms with Crippen molar-refractivity contribution in [2.75, 3.05) is 0 Å². The Morgan fingerprint density at radius 3 is 2.79 bits per heavy atom. The van der Waals surface area contributed by atoms with Crippen molar-refractivity contribution in [2.45, 2.75) is 0 Å². The molecule has 0 bridgehead atoms. The molecular formula is C6H6BN5O2. The lowest BCUT2D eigenvalue weighted by molar-refractivity contribution is 0.425. The molecule has 0 fully saturated rings. The average Bonchev–Trinajstić information content (AvgIpc) is 2.71. The van der Waals surface area contributed by atoms with E-state index < -0.39 is 7.12 Å². The van der Waals surface area contributed by atoms with Gasteiger partial charge in [-0.05, 0) is 16.5 Å². The highest BCUT2D eigenvalue weighted by atomic mass is 16.4. The van der Waals surface area contributed by atoms with Crippen molar-refractivity contribution in [1.29, 1.82) is 0 Å². The van der Waals surface area contributed by atoms with E-state index in [-0.39, 0.29) is 5.46 Å². The van der Waals surface area contributed by atoms with Crippen LogP contribution in [-0.4, -0.2) is 42.4 Å². The molecule has 7 nitrogen and oxygen atoms in total. The molecule has 0 saturated carbocycles. The summed E-state index contributed by atoms with van der Waals surface area (Å²) in [4.78, 5) is 3.83. The van der Waals surface area contributed by atoms with Gasteiger partial charge in [0.2, 0.25) is 0 Å². The Hall–Kier alpha value is -1.80. The molecule has 0 amide bonds. The molecule has 2 aromatic heterocycles. The van der Waals surface area contributed by atoms with Crippen LogP contribution in [0.5, 0.6) is 0 Å². The van der Waals surface area contributed by atoms with E-state index in [0.29, 0.717) is 5.69 Å². The van der Waals surface area contributed by atoms with Crippen LogP contribution in [0.2, 0.25) is 0 Å². The predicted octanol–water partition coefficient (Wildman–Crippen LogP) is -2.26. The molecule has 0 spiro atoms. The number of aromatic nitrogens is 5. The zero-order chi connectivity index (χ0) is 9.97. The van der Waals surface area contributed by atoms with Crippen LogP contribution in [-0.2, 0) is 0 Å². The van der Waals surface area contributed by atoms with Gasteiger partial charge < -0.3 is 10.0 Å². The maximum absolute atomic E-state index is 8.90. The standard InChI is InChI=1S/C6H6BN5O2/c13-7(14)5-1-6(3-8-2-5)12-4-9-10-11-12/h1-4,13-14H. The van der Waals surface area contributed by atoms with Gasteiger partial charge in [0, 0.05) is 11.7 Å². The normalized spacial score (nSPS) is 10.1. The van der Waals surface area contributed by atoms with Gasteiger partial charge in [0.25, 0.3) is 0 Å². The van der Waals surface area contributed by atoms with Crippen LogP contribution in [0.25, 0.3) is 5.69 Å². The van der Waals surface area contributed by atoms with Crippen molar-refractivity contribution in [3.05, 3.63) is 24.8 Å². The van der Waals surface area contributed by atoms with Crippen molar-refractivity contribution >= 4 is 12.6 Å². The molecule has 0 saturated heterocycles. The van der Waals surface area contributed by atoms with E-state index in [2.05, 4.69) is 20.5 Å². The SMILES string of the molecule is OB(O)c1cncc(-n2cnnn2)c1. The lowest BCUT2D eigenvalue weighted by Gasteiger charge is -2.01. The van der Waals surface area contributed by atoms with Crippen LogP contribution in [0.15, 0.2) is 24.8 Å². The van der Waals surface area contributed by atoms with Gasteiger partial charge in [-0.2, -0.15) is 4.68 Å². The van der Waals surface area contributed by atoms with Crippen LogP contribution in [0.4, 0.5) is 0 Å². The molecule has 0 aliphatic rings. The Morgan fingerprint density at radius 2 is 2.14 bits per heavy atom. The number of hydrogen-bond acceptors (Lipinski definition) is 6. The minimum Gasteiger partial charge on any atom is -0.423 e. The van der Waals surface area contributed by atoms with Crippen LogP contribution >= 0.6 is 0 Å². The first-order valence-corrected chi connectivity index (χ1v) is 3.82. The van der Waals surface area contributed by atoms with E-state index in [1.54, 1.807) is 0 Å². The number of pyridine rings is 1. The first kappa shape index (κ1) is 8.79. The molecule has 2 aromatic rings. The monoisotopic (exact) mass is 191 g/mol. The van der Waals surface area contributed by atoms with Crippen molar-refractivity contribution in [3.63, 3.8) is 0 Å². The van der Waals surface area contributed by atoms with Crippen molar-refractivity contribution < 1.29 is 10.0 Å². The fourth-order valence-corrected chi connectivity index (χ4v) is 0.991. The largest absolute Gasteiger partial charge is 0.490 e. The zero-order valence-electron chi connectivity index (χ0n) is 7.02. The second-order valence-corrected chi connectivity index (χ2v) is 2.60. The fourth-order valence-electron chi connectivity index (χ4n) is 0.991. The topological polar surface area (TPSA) is 97.0 Å². The predicted molar refractivity (Wildman–Crippen MR) is 46.8 cm³/mol. The van der Waals surface area contributed by atoms with Gasteiger partial charge in [0.05, 0.1) is 11.9 Å². The number of rotatable bonds is 2. The molecule has 2 heterocycles. The lowest BCUT2D eigenvalue weighted by Crippen LogP contribution is -2.30. The minimum absolute atomic E-state index is 0.290. The van der Waals surface area contributed by atoms with Gasteiger partial charge in [0.15, 0.2) is 0 Å². The molecule has 14 heavy (non-hydrogen) atoms. The van der Waals surface area contributed by atoms with E-state index in [9.17, 15) is 0 Å². The van der Waals surface area contributed by atoms with E-state index in [1.807, 2.05) is 0 Å². The summed E-state index contributed by atoms with van der Waals surface area (Å²) >= 11 is 0. The van der Waals surface area contributed by atoms with Crippen LogP contribution in [0, 0.1) is 0 Å². The zero-order valence-corrected chi connectivity index (χ0v) is 7.02. The van der Waals surface area contributed by atoms with Crippen molar-refractivity contribution in [2.24, 2.45) is 0 Å². The average molecular weight is 191 g/mol. The molecule has 0 aliphatic heterocycles. The number of tetrazole rings is 1. The summed E-state index contributed by atoms with van der Waals surface area (Å²) in [6, 6.07) is 1.54. The fraction of sp³-hybridized carbons (Fsp3) is 0. The van der Waals surface area contributed by atoms with Gasteiger partial charge in [-0.25, -0.2) is 0 Å². The van der Waals surface area contributed by atoms with Crippen LogP contribution < -0.4 is 5.46 Å². The molecule has 0 aliphatic carbocycles. The second-order valence-electron chi connectivity index (χ2n) is 2.60. The van der Waals surface area contributed by atoms with Crippen LogP contribution in [0.1, 0.15) is 0 Å². The summed E-state index contributed by atoms with van der Waals surface area (Å²) in [5.74, 6) is 0. The second kappa shape index (κ2) is 3.52. The first-order valence-electron chi connectivity index (χ1n) is 3.82. The molecular weight excluding hydrogens is 185 g/mol. The highest BCUT2D eigenvalue weighted by Gasteiger charge is 2.12. The van der Waals surface area contributed by atoms with Gasteiger partial charge in [-0.3, -0.25) is 4.98 Å². The maximum Gasteiger partial charge on any atom is 0.490 e. The summed E-state index contributed by atoms with van der Waals surface area (Å²) in [6.45, 7) is 0. The molecule has 2 N–H and O–H groups in total. The molecule has 2 rings (SSSR count). The Labute approximate surface area is 79.2 Å². The first-order chi connectivity index (χ1) is 6.77. The Morgan fingerprint density at radius 1 is 1.29 bits per heavy atom. The van der Waals surface area contributed by atoms with Gasteiger partial charge >= 0.3 is 7.12 Å². The Kier molecular flexibility index (Phi) is 2.21. The lowest BCUT2D eigenvalue weighted by atomic mass is 9.81. The molecule has 8 heteroatoms. The molecule has 0 aromatic carbocycles. The Bertz CT molecular complexity index is 418. The van der Waals surface area contributed by atoms with Gasteiger partial charge in [-0.15, -0.1) is 5.10 Å². The molecule has 0 radical (unpaired) electrons. The third kappa shape index (κ3) is 1.61. The molecule has 70 valence electrons. The van der Waals surface area contributed by atoms with Crippen LogP contribution in [0.3, 0.4) is 0 Å². The highest BCUT2D eigenvalue weighted by molar-refractivity contribution is 6.58. The summed E-state index contributed by atoms with van der Waals surface area (Å²) < 4.78 is 1.37. The van der Waals surface area contributed by atoms with E-state index in [4.69, 9.17) is 10.0 Å². The molecule has 0 unspecified atom stereocenters. The minimum atomic E-state index is -1.54. The molecule has 0 atom stereocenters. The van der Waals surface area contributed by atoms with E-state index in [1.165, 1.54) is 29.5 Å². The van der Waals surface area contributed by atoms with Gasteiger partial charge in [-0.1, -0.05) is 0 Å². The van der Waals surface area contributed by atoms with Crippen molar-refractivity contribution in [3.8, 4) is 5.69 Å². The summed E-state index contributed by atoms with van der Waals surface area (Å²) in [5.41, 5.74) is 0.860. The van der Waals surface area contributed by atoms with Gasteiger partial charge in [0.1, 0.15) is 6.33 Å². The van der Waals surface area contributed by atoms with E-state index in [0.717, 1.165) is 0 Å². The highest BCUT2D eigenvalue weighted by Crippen LogP contribution is 1.98. The summed E-state index contributed by atoms with van der Waals surface area (Å²) in [7, 11) is -1.54. The summed E-state index contributed by atoms with van der Waals surface area (Å²) in [5, 5.41) is 28.3. The quantitative estimate of drug-likeness (QED) is 0.519.